The SMILES string of the molecule is Cc1cc(C(F)F)n2ncc(C(=O)Nc3nc(-c4cc(C)sc4C)cs3)c2n1. The Morgan fingerprint density at radius 3 is 2.68 bits per heavy atom. The molecular formula is C18H15F2N5OS2. The van der Waals surface area contributed by atoms with Crippen LogP contribution in [0.3, 0.4) is 0 Å². The molecule has 0 radical (unpaired) electrons. The van der Waals surface area contributed by atoms with Crippen LogP contribution in [0, 0.1) is 20.8 Å². The Morgan fingerprint density at radius 2 is 2.00 bits per heavy atom. The van der Waals surface area contributed by atoms with Crippen LogP contribution in [0.25, 0.3) is 16.9 Å². The summed E-state index contributed by atoms with van der Waals surface area (Å²) in [5.41, 5.74) is 2.11. The van der Waals surface area contributed by atoms with Crippen molar-refractivity contribution >= 4 is 39.4 Å². The van der Waals surface area contributed by atoms with Gasteiger partial charge in [0.05, 0.1) is 11.9 Å². The van der Waals surface area contributed by atoms with Crippen molar-refractivity contribution in [2.75, 3.05) is 5.32 Å². The summed E-state index contributed by atoms with van der Waals surface area (Å²) in [5, 5.41) is 8.91. The number of hydrogen-bond donors (Lipinski definition) is 1. The standard InChI is InChI=1S/C18H15F2N5OS2/c1-8-4-14(15(19)20)25-16(22-8)12(6-21-25)17(26)24-18-23-13(7-27-18)11-5-9(2)28-10(11)3/h4-7,15H,1-3H3,(H,23,24,26). The minimum absolute atomic E-state index is 0.0916. The van der Waals surface area contributed by atoms with Crippen LogP contribution in [0.5, 0.6) is 0 Å². The van der Waals surface area contributed by atoms with Gasteiger partial charge in [0.1, 0.15) is 11.3 Å². The minimum Gasteiger partial charge on any atom is -0.298 e. The number of halogens is 2. The lowest BCUT2D eigenvalue weighted by molar-refractivity contribution is 0.102. The summed E-state index contributed by atoms with van der Waals surface area (Å²) < 4.78 is 27.5. The Balaban J connectivity index is 1.64. The summed E-state index contributed by atoms with van der Waals surface area (Å²) in [5.74, 6) is -0.493. The molecule has 10 heteroatoms. The van der Waals surface area contributed by atoms with Crippen LogP contribution in [0.2, 0.25) is 0 Å². The van der Waals surface area contributed by atoms with Gasteiger partial charge >= 0.3 is 0 Å². The van der Waals surface area contributed by atoms with Gasteiger partial charge in [-0.2, -0.15) is 5.10 Å². The first-order chi connectivity index (χ1) is 13.3. The van der Waals surface area contributed by atoms with Gasteiger partial charge in [-0.1, -0.05) is 0 Å². The van der Waals surface area contributed by atoms with Gasteiger partial charge in [-0.15, -0.1) is 22.7 Å². The van der Waals surface area contributed by atoms with E-state index in [0.29, 0.717) is 10.8 Å². The first-order valence-electron chi connectivity index (χ1n) is 8.31. The van der Waals surface area contributed by atoms with E-state index in [9.17, 15) is 13.6 Å². The molecule has 4 heterocycles. The van der Waals surface area contributed by atoms with Gasteiger partial charge in [-0.05, 0) is 32.9 Å². The molecule has 0 fully saturated rings. The topological polar surface area (TPSA) is 72.2 Å². The van der Waals surface area contributed by atoms with Crippen LogP contribution in [0.1, 0.15) is 37.9 Å². The molecule has 0 spiro atoms. The maximum absolute atomic E-state index is 13.2. The van der Waals surface area contributed by atoms with Crippen molar-refractivity contribution < 1.29 is 13.6 Å². The van der Waals surface area contributed by atoms with Gasteiger partial charge in [-0.25, -0.2) is 23.3 Å². The molecule has 4 rings (SSSR count). The molecule has 4 aromatic heterocycles. The van der Waals surface area contributed by atoms with Gasteiger partial charge < -0.3 is 0 Å². The Morgan fingerprint density at radius 1 is 1.21 bits per heavy atom. The highest BCUT2D eigenvalue weighted by Crippen LogP contribution is 2.32. The molecule has 0 aliphatic rings. The molecule has 4 aromatic rings. The number of carbonyl (C=O) groups is 1. The van der Waals surface area contributed by atoms with Gasteiger partial charge in [0.2, 0.25) is 0 Å². The average Bonchev–Trinajstić information content (AvgIpc) is 3.32. The lowest BCUT2D eigenvalue weighted by Crippen LogP contribution is -2.12. The van der Waals surface area contributed by atoms with Crippen LogP contribution in [-0.2, 0) is 0 Å². The molecule has 144 valence electrons. The van der Waals surface area contributed by atoms with Crippen molar-refractivity contribution in [3.8, 4) is 11.3 Å². The van der Waals surface area contributed by atoms with Crippen LogP contribution >= 0.6 is 22.7 Å². The van der Waals surface area contributed by atoms with Crippen LogP contribution in [-0.4, -0.2) is 25.5 Å². The first kappa shape index (κ1) is 18.6. The van der Waals surface area contributed by atoms with Crippen molar-refractivity contribution in [1.82, 2.24) is 19.6 Å². The minimum atomic E-state index is -2.72. The van der Waals surface area contributed by atoms with Crippen molar-refractivity contribution in [2.24, 2.45) is 0 Å². The maximum atomic E-state index is 13.2. The summed E-state index contributed by atoms with van der Waals surface area (Å²) in [6.45, 7) is 5.65. The number of fused-ring (bicyclic) bond motifs is 1. The molecule has 0 bridgehead atoms. The number of aryl methyl sites for hydroxylation is 3. The van der Waals surface area contributed by atoms with Crippen molar-refractivity contribution in [2.45, 2.75) is 27.2 Å². The summed E-state index contributed by atoms with van der Waals surface area (Å²) in [6.07, 6.45) is -1.48. The number of thiazole rings is 1. The number of nitrogens with one attached hydrogen (secondary N) is 1. The number of amides is 1. The van der Waals surface area contributed by atoms with Crippen LogP contribution in [0.4, 0.5) is 13.9 Å². The second-order valence-corrected chi connectivity index (χ2v) is 8.55. The highest BCUT2D eigenvalue weighted by molar-refractivity contribution is 7.14. The Bertz CT molecular complexity index is 1190. The predicted molar refractivity (Wildman–Crippen MR) is 106 cm³/mol. The van der Waals surface area contributed by atoms with E-state index in [4.69, 9.17) is 0 Å². The lowest BCUT2D eigenvalue weighted by atomic mass is 10.2. The zero-order valence-electron chi connectivity index (χ0n) is 15.2. The number of anilines is 1. The third-order valence-electron chi connectivity index (χ3n) is 4.14. The first-order valence-corrected chi connectivity index (χ1v) is 10.0. The molecule has 0 saturated heterocycles. The van der Waals surface area contributed by atoms with Gasteiger partial charge in [-0.3, -0.25) is 10.1 Å². The molecule has 0 saturated carbocycles. The van der Waals surface area contributed by atoms with E-state index in [1.807, 2.05) is 19.2 Å². The van der Waals surface area contributed by atoms with Gasteiger partial charge in [0.25, 0.3) is 12.3 Å². The fraction of sp³-hybridized carbons (Fsp3) is 0.222. The summed E-state index contributed by atoms with van der Waals surface area (Å²) in [6, 6.07) is 3.31. The number of aromatic nitrogens is 4. The third-order valence-corrected chi connectivity index (χ3v) is 5.86. The Labute approximate surface area is 166 Å². The fourth-order valence-corrected chi connectivity index (χ4v) is 4.57. The molecular weight excluding hydrogens is 404 g/mol. The third kappa shape index (κ3) is 3.29. The largest absolute Gasteiger partial charge is 0.298 e. The number of rotatable bonds is 4. The molecule has 6 nitrogen and oxygen atoms in total. The summed E-state index contributed by atoms with van der Waals surface area (Å²) >= 11 is 2.99. The normalized spacial score (nSPS) is 11.5. The number of hydrogen-bond acceptors (Lipinski definition) is 6. The molecule has 0 unspecified atom stereocenters. The van der Waals surface area contributed by atoms with E-state index in [1.165, 1.54) is 28.5 Å². The monoisotopic (exact) mass is 419 g/mol. The second-order valence-electron chi connectivity index (χ2n) is 6.24. The van der Waals surface area contributed by atoms with Gasteiger partial charge in [0.15, 0.2) is 10.8 Å². The highest BCUT2D eigenvalue weighted by atomic mass is 32.1. The van der Waals surface area contributed by atoms with Crippen LogP contribution in [0.15, 0.2) is 23.7 Å². The fourth-order valence-electron chi connectivity index (χ4n) is 2.93. The van der Waals surface area contributed by atoms with E-state index in [-0.39, 0.29) is 16.9 Å². The number of alkyl halides is 2. The molecule has 0 aromatic carbocycles. The molecule has 1 N–H and O–H groups in total. The summed E-state index contributed by atoms with van der Waals surface area (Å²) in [4.78, 5) is 23.7. The Hall–Kier alpha value is -2.72. The smallest absolute Gasteiger partial charge is 0.280 e. The van der Waals surface area contributed by atoms with Crippen molar-refractivity contribution in [1.29, 1.82) is 0 Å². The quantitative estimate of drug-likeness (QED) is 0.504. The number of carbonyl (C=O) groups excluding carboxylic acids is 1. The summed E-state index contributed by atoms with van der Waals surface area (Å²) in [7, 11) is 0. The molecule has 28 heavy (non-hydrogen) atoms. The molecule has 0 aliphatic heterocycles. The Kier molecular flexibility index (Phi) is 4.68. The molecule has 1 amide bonds. The average molecular weight is 419 g/mol. The van der Waals surface area contributed by atoms with E-state index in [1.54, 1.807) is 18.3 Å². The predicted octanol–water partition coefficient (Wildman–Crippen LogP) is 5.03. The van der Waals surface area contributed by atoms with E-state index in [2.05, 4.69) is 26.4 Å². The second kappa shape index (κ2) is 7.02. The van der Waals surface area contributed by atoms with Crippen molar-refractivity contribution in [3.63, 3.8) is 0 Å². The highest BCUT2D eigenvalue weighted by Gasteiger charge is 2.21. The van der Waals surface area contributed by atoms with E-state index in [0.717, 1.165) is 20.6 Å². The van der Waals surface area contributed by atoms with Gasteiger partial charge in [0, 0.05) is 26.4 Å². The maximum Gasteiger partial charge on any atom is 0.280 e. The zero-order chi connectivity index (χ0) is 20.0. The van der Waals surface area contributed by atoms with E-state index < -0.39 is 12.3 Å². The number of thiophene rings is 1. The van der Waals surface area contributed by atoms with Crippen molar-refractivity contribution in [3.05, 3.63) is 50.4 Å². The van der Waals surface area contributed by atoms with Crippen LogP contribution < -0.4 is 5.32 Å². The molecule has 0 aliphatic carbocycles. The number of nitrogens with zero attached hydrogens (tertiary/aromatic N) is 4. The zero-order valence-corrected chi connectivity index (χ0v) is 16.8. The molecule has 0 atom stereocenters. The lowest BCUT2D eigenvalue weighted by Gasteiger charge is -2.05. The van der Waals surface area contributed by atoms with E-state index >= 15 is 0 Å².